The fourth-order valence-corrected chi connectivity index (χ4v) is 3.43. The lowest BCUT2D eigenvalue weighted by atomic mass is 10.1. The van der Waals surface area contributed by atoms with Gasteiger partial charge in [-0.1, -0.05) is 41.9 Å². The van der Waals surface area contributed by atoms with Crippen LogP contribution in [0.3, 0.4) is 0 Å². The van der Waals surface area contributed by atoms with E-state index in [2.05, 4.69) is 5.32 Å². The second kappa shape index (κ2) is 7.62. The van der Waals surface area contributed by atoms with Gasteiger partial charge >= 0.3 is 0 Å². The van der Waals surface area contributed by atoms with Gasteiger partial charge in [-0.3, -0.25) is 4.79 Å². The summed E-state index contributed by atoms with van der Waals surface area (Å²) < 4.78 is 11.7. The Labute approximate surface area is 162 Å². The van der Waals surface area contributed by atoms with E-state index in [1.807, 2.05) is 36.4 Å². The smallest absolute Gasteiger partial charge is 0.287 e. The van der Waals surface area contributed by atoms with Gasteiger partial charge in [0.05, 0.1) is 5.02 Å². The maximum absolute atomic E-state index is 12.9. The van der Waals surface area contributed by atoms with Gasteiger partial charge in [0.15, 0.2) is 5.76 Å². The molecule has 1 aliphatic carbocycles. The van der Waals surface area contributed by atoms with Crippen molar-refractivity contribution in [3.8, 4) is 5.75 Å². The van der Waals surface area contributed by atoms with Crippen molar-refractivity contribution in [2.75, 3.05) is 6.54 Å². The minimum absolute atomic E-state index is 0.0250. The van der Waals surface area contributed by atoms with Gasteiger partial charge in [-0.05, 0) is 37.0 Å². The van der Waals surface area contributed by atoms with Crippen LogP contribution in [0.4, 0.5) is 0 Å². The number of nitrogens with two attached hydrogens (primary N) is 1. The highest BCUT2D eigenvalue weighted by Gasteiger charge is 2.33. The lowest BCUT2D eigenvalue weighted by molar-refractivity contribution is 0.0904. The molecule has 140 valence electrons. The molecule has 0 aliphatic heterocycles. The number of halogens is 1. The van der Waals surface area contributed by atoms with E-state index in [4.69, 9.17) is 26.5 Å². The first-order chi connectivity index (χ1) is 13.2. The van der Waals surface area contributed by atoms with Gasteiger partial charge in [0.25, 0.3) is 5.91 Å². The van der Waals surface area contributed by atoms with Gasteiger partial charge in [-0.2, -0.15) is 0 Å². The summed E-state index contributed by atoms with van der Waals surface area (Å²) in [6, 6.07) is 14.8. The summed E-state index contributed by atoms with van der Waals surface area (Å²) in [4.78, 5) is 12.9. The lowest BCUT2D eigenvalue weighted by Crippen LogP contribution is -2.41. The van der Waals surface area contributed by atoms with Crippen LogP contribution in [-0.2, 0) is 6.61 Å². The molecule has 3 N–H and O–H groups in total. The molecule has 1 unspecified atom stereocenters. The number of carbonyl (C=O) groups excluding carboxylic acids is 1. The van der Waals surface area contributed by atoms with Crippen molar-refractivity contribution in [2.45, 2.75) is 25.5 Å². The van der Waals surface area contributed by atoms with Gasteiger partial charge < -0.3 is 20.2 Å². The number of hydrogen-bond donors (Lipinski definition) is 2. The van der Waals surface area contributed by atoms with Crippen LogP contribution in [0.5, 0.6) is 5.75 Å². The zero-order valence-corrected chi connectivity index (χ0v) is 15.5. The van der Waals surface area contributed by atoms with Crippen LogP contribution in [0.1, 0.15) is 29.0 Å². The maximum Gasteiger partial charge on any atom is 0.287 e. The molecule has 2 aromatic carbocycles. The molecule has 0 saturated heterocycles. The average molecular weight is 385 g/mol. The molecule has 1 fully saturated rings. The number of benzene rings is 2. The second-order valence-corrected chi connectivity index (χ2v) is 7.19. The van der Waals surface area contributed by atoms with Crippen molar-refractivity contribution >= 4 is 28.5 Å². The number of nitrogens with one attached hydrogen (secondary N) is 1. The molecule has 1 saturated carbocycles. The zero-order valence-electron chi connectivity index (χ0n) is 14.8. The Morgan fingerprint density at radius 3 is 2.70 bits per heavy atom. The van der Waals surface area contributed by atoms with E-state index in [-0.39, 0.29) is 24.3 Å². The highest BCUT2D eigenvalue weighted by atomic mass is 35.5. The Bertz CT molecular complexity index is 965. The minimum atomic E-state index is -0.258. The van der Waals surface area contributed by atoms with E-state index < -0.39 is 0 Å². The third kappa shape index (κ3) is 3.80. The third-order valence-electron chi connectivity index (χ3n) is 4.87. The molecule has 6 heteroatoms. The Kier molecular flexibility index (Phi) is 5.05. The Morgan fingerprint density at radius 2 is 1.96 bits per heavy atom. The highest BCUT2D eigenvalue weighted by Crippen LogP contribution is 2.33. The SMILES string of the molecule is NCC(NC(=O)c1oc2ccccc2c1COc1ccccc1Cl)C1CC1. The van der Waals surface area contributed by atoms with E-state index in [1.54, 1.807) is 12.1 Å². The minimum Gasteiger partial charge on any atom is -0.487 e. The van der Waals surface area contributed by atoms with Crippen LogP contribution in [0.2, 0.25) is 5.02 Å². The summed E-state index contributed by atoms with van der Waals surface area (Å²) in [5.74, 6) is 1.04. The van der Waals surface area contributed by atoms with Crippen LogP contribution in [0, 0.1) is 5.92 Å². The molecule has 1 aromatic heterocycles. The molecule has 1 amide bonds. The number of furan rings is 1. The standard InChI is InChI=1S/C21H21ClN2O3/c22-16-6-2-4-8-19(16)26-12-15-14-5-1-3-7-18(14)27-20(15)21(25)24-17(11-23)13-9-10-13/h1-8,13,17H,9-12,23H2,(H,24,25). The fourth-order valence-electron chi connectivity index (χ4n) is 3.24. The molecule has 1 atom stereocenters. The van der Waals surface area contributed by atoms with Gasteiger partial charge in [-0.15, -0.1) is 0 Å². The molecule has 3 aromatic rings. The summed E-state index contributed by atoms with van der Waals surface area (Å²) in [5, 5.41) is 4.39. The van der Waals surface area contributed by atoms with E-state index in [9.17, 15) is 4.79 Å². The van der Waals surface area contributed by atoms with Crippen LogP contribution in [-0.4, -0.2) is 18.5 Å². The first-order valence-corrected chi connectivity index (χ1v) is 9.44. The maximum atomic E-state index is 12.9. The number of amides is 1. The summed E-state index contributed by atoms with van der Waals surface area (Å²) in [7, 11) is 0. The number of carbonyl (C=O) groups is 1. The van der Waals surface area contributed by atoms with E-state index in [1.165, 1.54) is 0 Å². The quantitative estimate of drug-likeness (QED) is 0.642. The zero-order chi connectivity index (χ0) is 18.8. The van der Waals surface area contributed by atoms with Gasteiger partial charge in [0.2, 0.25) is 0 Å². The topological polar surface area (TPSA) is 77.5 Å². The average Bonchev–Trinajstić information content (AvgIpc) is 3.46. The normalized spacial score (nSPS) is 14.9. The Morgan fingerprint density at radius 1 is 1.22 bits per heavy atom. The molecule has 27 heavy (non-hydrogen) atoms. The van der Waals surface area contributed by atoms with Crippen molar-refractivity contribution in [3.63, 3.8) is 0 Å². The summed E-state index contributed by atoms with van der Waals surface area (Å²) >= 11 is 6.17. The van der Waals surface area contributed by atoms with Crippen molar-refractivity contribution in [3.05, 3.63) is 64.9 Å². The second-order valence-electron chi connectivity index (χ2n) is 6.78. The molecule has 0 bridgehead atoms. The molecule has 5 nitrogen and oxygen atoms in total. The fraction of sp³-hybridized carbons (Fsp3) is 0.286. The van der Waals surface area contributed by atoms with Gasteiger partial charge in [-0.25, -0.2) is 0 Å². The molecule has 1 aliphatic rings. The summed E-state index contributed by atoms with van der Waals surface area (Å²) in [6.45, 7) is 0.600. The van der Waals surface area contributed by atoms with Crippen molar-refractivity contribution in [1.82, 2.24) is 5.32 Å². The number of rotatable bonds is 7. The number of ether oxygens (including phenoxy) is 1. The van der Waals surface area contributed by atoms with Crippen molar-refractivity contribution in [2.24, 2.45) is 11.7 Å². The van der Waals surface area contributed by atoms with Gasteiger partial charge in [0.1, 0.15) is 17.9 Å². The third-order valence-corrected chi connectivity index (χ3v) is 5.19. The van der Waals surface area contributed by atoms with Crippen molar-refractivity contribution in [1.29, 1.82) is 0 Å². The van der Waals surface area contributed by atoms with Crippen LogP contribution in [0.25, 0.3) is 11.0 Å². The lowest BCUT2D eigenvalue weighted by Gasteiger charge is -2.15. The Hall–Kier alpha value is -2.50. The monoisotopic (exact) mass is 384 g/mol. The van der Waals surface area contributed by atoms with Crippen molar-refractivity contribution < 1.29 is 13.9 Å². The highest BCUT2D eigenvalue weighted by molar-refractivity contribution is 6.32. The van der Waals surface area contributed by atoms with Gasteiger partial charge in [0, 0.05) is 23.5 Å². The first-order valence-electron chi connectivity index (χ1n) is 9.06. The summed E-state index contributed by atoms with van der Waals surface area (Å²) in [5.41, 5.74) is 7.17. The number of fused-ring (bicyclic) bond motifs is 1. The molecule has 4 rings (SSSR count). The predicted octanol–water partition coefficient (Wildman–Crippen LogP) is 4.13. The largest absolute Gasteiger partial charge is 0.487 e. The van der Waals surface area contributed by atoms with E-state index in [0.717, 1.165) is 18.2 Å². The molecular weight excluding hydrogens is 364 g/mol. The number of hydrogen-bond acceptors (Lipinski definition) is 4. The summed E-state index contributed by atoms with van der Waals surface area (Å²) in [6.07, 6.45) is 2.20. The van der Waals surface area contributed by atoms with Crippen LogP contribution >= 0.6 is 11.6 Å². The Balaban J connectivity index is 1.62. The predicted molar refractivity (Wildman–Crippen MR) is 105 cm³/mol. The van der Waals surface area contributed by atoms with Crippen LogP contribution < -0.4 is 15.8 Å². The molecule has 0 spiro atoms. The molecule has 1 heterocycles. The number of para-hydroxylation sites is 2. The first kappa shape index (κ1) is 17.9. The van der Waals surface area contributed by atoms with E-state index in [0.29, 0.717) is 34.4 Å². The van der Waals surface area contributed by atoms with Crippen LogP contribution in [0.15, 0.2) is 52.9 Å². The van der Waals surface area contributed by atoms with E-state index >= 15 is 0 Å². The molecular formula is C21H21ClN2O3. The molecule has 0 radical (unpaired) electrons.